The molecule has 1 heteroatoms. The first-order chi connectivity index (χ1) is 5.08. The van der Waals surface area contributed by atoms with Crippen molar-refractivity contribution < 1.29 is 5.11 Å². The van der Waals surface area contributed by atoms with Gasteiger partial charge in [-0.3, -0.25) is 0 Å². The molecule has 0 saturated heterocycles. The molecular weight excluding hydrogens is 136 g/mol. The Kier molecular flexibility index (Phi) is 2.38. The molecule has 1 aliphatic carbocycles. The van der Waals surface area contributed by atoms with Crippen LogP contribution in [-0.4, -0.2) is 11.2 Å². The predicted molar refractivity (Wildman–Crippen MR) is 47.4 cm³/mol. The van der Waals surface area contributed by atoms with Crippen molar-refractivity contribution in [3.05, 3.63) is 11.6 Å². The summed E-state index contributed by atoms with van der Waals surface area (Å²) >= 11 is 0. The van der Waals surface area contributed by atoms with Crippen molar-refractivity contribution in [1.82, 2.24) is 0 Å². The third kappa shape index (κ3) is 1.64. The molecule has 0 aliphatic heterocycles. The van der Waals surface area contributed by atoms with Crippen molar-refractivity contribution in [1.29, 1.82) is 0 Å². The van der Waals surface area contributed by atoms with Crippen molar-refractivity contribution in [2.24, 2.45) is 5.41 Å². The van der Waals surface area contributed by atoms with Gasteiger partial charge < -0.3 is 5.11 Å². The van der Waals surface area contributed by atoms with Gasteiger partial charge in [-0.05, 0) is 37.2 Å². The van der Waals surface area contributed by atoms with E-state index < -0.39 is 0 Å². The van der Waals surface area contributed by atoms with Crippen LogP contribution in [0.3, 0.4) is 0 Å². The summed E-state index contributed by atoms with van der Waals surface area (Å²) in [6, 6.07) is 0. The molecule has 0 aromatic carbocycles. The van der Waals surface area contributed by atoms with Gasteiger partial charge in [-0.25, -0.2) is 0 Å². The number of allylic oxidation sites excluding steroid dienone is 1. The molecule has 64 valence electrons. The standard InChI is InChI=1S/C10H18O/c1-4-8-6-5-7-10(2,3)9(8)11/h4,9,11H,5-7H2,1-3H3/b8-4+. The highest BCUT2D eigenvalue weighted by Crippen LogP contribution is 2.38. The SMILES string of the molecule is C/C=C1\CCCC(C)(C)C1O. The van der Waals surface area contributed by atoms with Crippen LogP contribution >= 0.6 is 0 Å². The van der Waals surface area contributed by atoms with Crippen molar-refractivity contribution in [3.8, 4) is 0 Å². The summed E-state index contributed by atoms with van der Waals surface area (Å²) in [7, 11) is 0. The van der Waals surface area contributed by atoms with Gasteiger partial charge in [0, 0.05) is 0 Å². The Morgan fingerprint density at radius 3 is 2.64 bits per heavy atom. The van der Waals surface area contributed by atoms with Crippen molar-refractivity contribution in [2.75, 3.05) is 0 Å². The van der Waals surface area contributed by atoms with Gasteiger partial charge in [0.15, 0.2) is 0 Å². The number of rotatable bonds is 0. The maximum atomic E-state index is 9.83. The number of hydrogen-bond donors (Lipinski definition) is 1. The molecule has 0 spiro atoms. The van der Waals surface area contributed by atoms with E-state index in [1.165, 1.54) is 12.0 Å². The predicted octanol–water partition coefficient (Wildman–Crippen LogP) is 2.50. The highest BCUT2D eigenvalue weighted by Gasteiger charge is 2.33. The summed E-state index contributed by atoms with van der Waals surface area (Å²) < 4.78 is 0. The molecule has 0 aromatic heterocycles. The smallest absolute Gasteiger partial charge is 0.0800 e. The van der Waals surface area contributed by atoms with E-state index in [-0.39, 0.29) is 11.5 Å². The molecule has 1 rings (SSSR count). The van der Waals surface area contributed by atoms with Crippen LogP contribution in [0, 0.1) is 5.41 Å². The molecule has 0 amide bonds. The van der Waals surface area contributed by atoms with Crippen molar-refractivity contribution >= 4 is 0 Å². The lowest BCUT2D eigenvalue weighted by Crippen LogP contribution is -2.34. The van der Waals surface area contributed by atoms with E-state index in [1.807, 2.05) is 6.92 Å². The molecule has 11 heavy (non-hydrogen) atoms. The van der Waals surface area contributed by atoms with Gasteiger partial charge in [-0.15, -0.1) is 0 Å². The summed E-state index contributed by atoms with van der Waals surface area (Å²) in [6.45, 7) is 6.29. The molecule has 1 aliphatic rings. The van der Waals surface area contributed by atoms with Gasteiger partial charge in [0.05, 0.1) is 6.10 Å². The first kappa shape index (κ1) is 8.79. The van der Waals surface area contributed by atoms with Crippen LogP contribution in [-0.2, 0) is 0 Å². The normalized spacial score (nSPS) is 34.2. The minimum absolute atomic E-state index is 0.0973. The molecule has 0 aromatic rings. The van der Waals surface area contributed by atoms with Crippen LogP contribution < -0.4 is 0 Å². The van der Waals surface area contributed by atoms with E-state index in [2.05, 4.69) is 19.9 Å². The van der Waals surface area contributed by atoms with Gasteiger partial charge in [-0.2, -0.15) is 0 Å². The van der Waals surface area contributed by atoms with Crippen LogP contribution in [0.1, 0.15) is 40.0 Å². The summed E-state index contributed by atoms with van der Waals surface area (Å²) in [5.41, 5.74) is 1.32. The second-order valence-electron chi connectivity index (χ2n) is 4.11. The largest absolute Gasteiger partial charge is 0.388 e. The molecule has 0 bridgehead atoms. The van der Waals surface area contributed by atoms with E-state index in [0.29, 0.717) is 0 Å². The number of aliphatic hydroxyl groups excluding tert-OH is 1. The van der Waals surface area contributed by atoms with Crippen LogP contribution in [0.15, 0.2) is 11.6 Å². The van der Waals surface area contributed by atoms with Crippen molar-refractivity contribution in [3.63, 3.8) is 0 Å². The minimum Gasteiger partial charge on any atom is -0.388 e. The molecule has 1 atom stereocenters. The van der Waals surface area contributed by atoms with Crippen LogP contribution in [0.25, 0.3) is 0 Å². The lowest BCUT2D eigenvalue weighted by molar-refractivity contribution is 0.0535. The fourth-order valence-electron chi connectivity index (χ4n) is 1.83. The Morgan fingerprint density at radius 1 is 1.55 bits per heavy atom. The maximum absolute atomic E-state index is 9.83. The van der Waals surface area contributed by atoms with E-state index in [9.17, 15) is 5.11 Å². The lowest BCUT2D eigenvalue weighted by Gasteiger charge is -2.36. The third-order valence-electron chi connectivity index (χ3n) is 2.75. The highest BCUT2D eigenvalue weighted by molar-refractivity contribution is 5.13. The summed E-state index contributed by atoms with van der Waals surface area (Å²) in [6.07, 6.45) is 5.31. The Morgan fingerprint density at radius 2 is 2.18 bits per heavy atom. The second kappa shape index (κ2) is 2.98. The van der Waals surface area contributed by atoms with E-state index in [1.54, 1.807) is 0 Å². The first-order valence-electron chi connectivity index (χ1n) is 4.41. The number of aliphatic hydroxyl groups is 1. The van der Waals surface area contributed by atoms with Gasteiger partial charge in [0.2, 0.25) is 0 Å². The summed E-state index contributed by atoms with van der Waals surface area (Å²) in [5.74, 6) is 0. The average molecular weight is 154 g/mol. The Bertz CT molecular complexity index is 168. The zero-order chi connectivity index (χ0) is 8.48. The average Bonchev–Trinajstić information content (AvgIpc) is 1.95. The molecule has 1 unspecified atom stereocenters. The van der Waals surface area contributed by atoms with E-state index in [0.717, 1.165) is 12.8 Å². The van der Waals surface area contributed by atoms with Crippen LogP contribution in [0.5, 0.6) is 0 Å². The molecule has 1 saturated carbocycles. The van der Waals surface area contributed by atoms with Gasteiger partial charge in [-0.1, -0.05) is 19.9 Å². The fraction of sp³-hybridized carbons (Fsp3) is 0.800. The van der Waals surface area contributed by atoms with Crippen molar-refractivity contribution in [2.45, 2.75) is 46.1 Å². The fourth-order valence-corrected chi connectivity index (χ4v) is 1.83. The molecule has 1 nitrogen and oxygen atoms in total. The molecule has 1 N–H and O–H groups in total. The Labute approximate surface area is 69.1 Å². The molecular formula is C10H18O. The monoisotopic (exact) mass is 154 g/mol. The van der Waals surface area contributed by atoms with E-state index >= 15 is 0 Å². The minimum atomic E-state index is -0.207. The molecule has 0 radical (unpaired) electrons. The second-order valence-corrected chi connectivity index (χ2v) is 4.11. The zero-order valence-electron chi connectivity index (χ0n) is 7.72. The maximum Gasteiger partial charge on any atom is 0.0800 e. The topological polar surface area (TPSA) is 20.2 Å². The quantitative estimate of drug-likeness (QED) is 0.531. The molecule has 1 fully saturated rings. The van der Waals surface area contributed by atoms with Gasteiger partial charge >= 0.3 is 0 Å². The van der Waals surface area contributed by atoms with Gasteiger partial charge in [0.1, 0.15) is 0 Å². The number of hydrogen-bond acceptors (Lipinski definition) is 1. The summed E-state index contributed by atoms with van der Waals surface area (Å²) in [4.78, 5) is 0. The van der Waals surface area contributed by atoms with Gasteiger partial charge in [0.25, 0.3) is 0 Å². The first-order valence-corrected chi connectivity index (χ1v) is 4.41. The third-order valence-corrected chi connectivity index (χ3v) is 2.75. The molecule has 0 heterocycles. The highest BCUT2D eigenvalue weighted by atomic mass is 16.3. The van der Waals surface area contributed by atoms with E-state index in [4.69, 9.17) is 0 Å². The van der Waals surface area contributed by atoms with Crippen LogP contribution in [0.4, 0.5) is 0 Å². The summed E-state index contributed by atoms with van der Waals surface area (Å²) in [5, 5.41) is 9.83. The Balaban J connectivity index is 2.76. The zero-order valence-corrected chi connectivity index (χ0v) is 7.72. The Hall–Kier alpha value is -0.300. The lowest BCUT2D eigenvalue weighted by atomic mass is 9.72. The van der Waals surface area contributed by atoms with Crippen LogP contribution in [0.2, 0.25) is 0 Å².